The van der Waals surface area contributed by atoms with E-state index in [0.29, 0.717) is 15.8 Å². The van der Waals surface area contributed by atoms with Crippen LogP contribution in [0.2, 0.25) is 10.0 Å². The van der Waals surface area contributed by atoms with E-state index < -0.39 is 0 Å². The summed E-state index contributed by atoms with van der Waals surface area (Å²) in [4.78, 5) is 13.5. The van der Waals surface area contributed by atoms with Gasteiger partial charge in [0.2, 0.25) is 0 Å². The van der Waals surface area contributed by atoms with Crippen LogP contribution in [0.1, 0.15) is 11.5 Å². The van der Waals surface area contributed by atoms with E-state index in [1.165, 1.54) is 0 Å². The van der Waals surface area contributed by atoms with Crippen molar-refractivity contribution >= 4 is 40.7 Å². The first kappa shape index (κ1) is 14.8. The number of rotatable bonds is 4. The van der Waals surface area contributed by atoms with Gasteiger partial charge in [-0.05, 0) is 48.0 Å². The second-order valence-corrected chi connectivity index (χ2v) is 6.69. The van der Waals surface area contributed by atoms with E-state index in [2.05, 4.69) is 0 Å². The third kappa shape index (κ3) is 3.37. The molecule has 0 spiro atoms. The smallest absolute Gasteiger partial charge is 0.178 e. The lowest BCUT2D eigenvalue weighted by atomic mass is 9.97. The van der Waals surface area contributed by atoms with Crippen molar-refractivity contribution in [1.29, 1.82) is 0 Å². The van der Waals surface area contributed by atoms with Crippen LogP contribution in [-0.2, 0) is 4.79 Å². The molecular formula is C16H12Cl2O2S. The van der Waals surface area contributed by atoms with Crippen molar-refractivity contribution in [2.24, 2.45) is 0 Å². The Balaban J connectivity index is 1.67. The number of ketones is 1. The maximum atomic E-state index is 12.4. The van der Waals surface area contributed by atoms with Crippen molar-refractivity contribution in [3.05, 3.63) is 58.1 Å². The molecule has 0 fully saturated rings. The monoisotopic (exact) mass is 338 g/mol. The van der Waals surface area contributed by atoms with Gasteiger partial charge in [-0.15, -0.1) is 11.8 Å². The first-order valence-electron chi connectivity index (χ1n) is 6.47. The van der Waals surface area contributed by atoms with Gasteiger partial charge in [0.05, 0.1) is 5.92 Å². The molecule has 5 heteroatoms. The van der Waals surface area contributed by atoms with Gasteiger partial charge in [-0.3, -0.25) is 4.79 Å². The standard InChI is InChI=1S/C16H12Cl2O2S/c17-10-1-4-12(5-2-10)20-8-15(19)14-9-21-16-6-3-11(18)7-13(14)16/h1-7,14H,8-9H2/t14-/m0/s1. The minimum atomic E-state index is -0.143. The third-order valence-corrected chi connectivity index (χ3v) is 5.01. The Kier molecular flexibility index (Phi) is 4.43. The molecule has 1 aliphatic heterocycles. The van der Waals surface area contributed by atoms with E-state index in [4.69, 9.17) is 27.9 Å². The number of ether oxygens (including phenoxy) is 1. The molecule has 0 radical (unpaired) electrons. The number of hydrogen-bond donors (Lipinski definition) is 0. The SMILES string of the molecule is O=C(COc1ccc(Cl)cc1)[C@H]1CSc2ccc(Cl)cc21. The van der Waals surface area contributed by atoms with E-state index >= 15 is 0 Å². The number of carbonyl (C=O) groups excluding carboxylic acids is 1. The minimum absolute atomic E-state index is 0.0544. The summed E-state index contributed by atoms with van der Waals surface area (Å²) in [5.41, 5.74) is 1.01. The maximum Gasteiger partial charge on any atom is 0.178 e. The zero-order valence-corrected chi connectivity index (χ0v) is 13.3. The lowest BCUT2D eigenvalue weighted by Crippen LogP contribution is -2.20. The van der Waals surface area contributed by atoms with Gasteiger partial charge >= 0.3 is 0 Å². The van der Waals surface area contributed by atoms with Gasteiger partial charge in [-0.25, -0.2) is 0 Å². The van der Waals surface area contributed by atoms with Crippen molar-refractivity contribution < 1.29 is 9.53 Å². The average Bonchev–Trinajstić information content (AvgIpc) is 2.89. The van der Waals surface area contributed by atoms with Crippen LogP contribution in [0.4, 0.5) is 0 Å². The molecule has 2 aromatic carbocycles. The normalized spacial score (nSPS) is 16.6. The molecule has 0 amide bonds. The quantitative estimate of drug-likeness (QED) is 0.798. The number of fused-ring (bicyclic) bond motifs is 1. The molecule has 0 aliphatic carbocycles. The molecule has 1 atom stereocenters. The fourth-order valence-corrected chi connectivity index (χ4v) is 3.79. The predicted molar refractivity (Wildman–Crippen MR) is 86.9 cm³/mol. The number of hydrogen-bond acceptors (Lipinski definition) is 3. The van der Waals surface area contributed by atoms with Crippen LogP contribution in [0.5, 0.6) is 5.75 Å². The Labute approximate surface area is 137 Å². The Morgan fingerprint density at radius 1 is 1.14 bits per heavy atom. The van der Waals surface area contributed by atoms with Gasteiger partial charge in [0.1, 0.15) is 12.4 Å². The first-order chi connectivity index (χ1) is 10.1. The van der Waals surface area contributed by atoms with Gasteiger partial charge in [-0.2, -0.15) is 0 Å². The van der Waals surface area contributed by atoms with Gasteiger partial charge in [0.25, 0.3) is 0 Å². The lowest BCUT2D eigenvalue weighted by Gasteiger charge is -2.11. The molecule has 2 nitrogen and oxygen atoms in total. The summed E-state index contributed by atoms with van der Waals surface area (Å²) in [6.07, 6.45) is 0. The molecule has 0 saturated carbocycles. The summed E-state index contributed by atoms with van der Waals surface area (Å²) >= 11 is 13.5. The zero-order chi connectivity index (χ0) is 14.8. The minimum Gasteiger partial charge on any atom is -0.486 e. The summed E-state index contributed by atoms with van der Waals surface area (Å²) in [6, 6.07) is 12.7. The van der Waals surface area contributed by atoms with E-state index in [9.17, 15) is 4.79 Å². The van der Waals surface area contributed by atoms with Gasteiger partial charge in [0, 0.05) is 20.7 Å². The van der Waals surface area contributed by atoms with Crippen molar-refractivity contribution in [3.63, 3.8) is 0 Å². The highest BCUT2D eigenvalue weighted by Gasteiger charge is 2.29. The molecule has 0 bridgehead atoms. The molecule has 108 valence electrons. The summed E-state index contributed by atoms with van der Waals surface area (Å²) in [5, 5.41) is 1.30. The van der Waals surface area contributed by atoms with E-state index in [0.717, 1.165) is 16.2 Å². The summed E-state index contributed by atoms with van der Waals surface area (Å²) in [6.45, 7) is 0.0544. The topological polar surface area (TPSA) is 26.3 Å². The predicted octanol–water partition coefficient (Wildman–Crippen LogP) is 4.83. The van der Waals surface area contributed by atoms with Crippen LogP contribution in [0, 0.1) is 0 Å². The second-order valence-electron chi connectivity index (χ2n) is 4.75. The molecule has 1 heterocycles. The van der Waals surface area contributed by atoms with Crippen LogP contribution in [-0.4, -0.2) is 18.1 Å². The van der Waals surface area contributed by atoms with Crippen LogP contribution in [0.3, 0.4) is 0 Å². The largest absolute Gasteiger partial charge is 0.486 e. The lowest BCUT2D eigenvalue weighted by molar-refractivity contribution is -0.122. The number of Topliss-reactive ketones (excluding diaryl/α,β-unsaturated/α-hetero) is 1. The van der Waals surface area contributed by atoms with Crippen LogP contribution in [0.25, 0.3) is 0 Å². The molecule has 21 heavy (non-hydrogen) atoms. The van der Waals surface area contributed by atoms with E-state index in [-0.39, 0.29) is 18.3 Å². The molecule has 0 aromatic heterocycles. The number of halogens is 2. The molecule has 3 rings (SSSR count). The molecular weight excluding hydrogens is 327 g/mol. The Hall–Kier alpha value is -1.16. The number of thioether (sulfide) groups is 1. The highest BCUT2D eigenvalue weighted by molar-refractivity contribution is 7.99. The van der Waals surface area contributed by atoms with Gasteiger partial charge < -0.3 is 4.74 Å². The maximum absolute atomic E-state index is 12.4. The van der Waals surface area contributed by atoms with E-state index in [1.54, 1.807) is 36.0 Å². The fraction of sp³-hybridized carbons (Fsp3) is 0.188. The highest BCUT2D eigenvalue weighted by Crippen LogP contribution is 2.41. The summed E-state index contributed by atoms with van der Waals surface area (Å²) < 4.78 is 5.53. The Bertz CT molecular complexity index is 670. The van der Waals surface area contributed by atoms with Gasteiger partial charge in [0.15, 0.2) is 5.78 Å². The summed E-state index contributed by atoms with van der Waals surface area (Å²) in [7, 11) is 0. The first-order valence-corrected chi connectivity index (χ1v) is 8.21. The Morgan fingerprint density at radius 2 is 1.86 bits per heavy atom. The molecule has 1 aliphatic rings. The molecule has 0 unspecified atom stereocenters. The van der Waals surface area contributed by atoms with E-state index in [1.807, 2.05) is 18.2 Å². The van der Waals surface area contributed by atoms with Crippen LogP contribution >= 0.6 is 35.0 Å². The van der Waals surface area contributed by atoms with Crippen molar-refractivity contribution in [2.75, 3.05) is 12.4 Å². The molecule has 2 aromatic rings. The Morgan fingerprint density at radius 3 is 2.62 bits per heavy atom. The van der Waals surface area contributed by atoms with Gasteiger partial charge in [-0.1, -0.05) is 23.2 Å². The fourth-order valence-electron chi connectivity index (χ4n) is 2.24. The number of carbonyl (C=O) groups is 1. The summed E-state index contributed by atoms with van der Waals surface area (Å²) in [5.74, 6) is 1.32. The van der Waals surface area contributed by atoms with Crippen molar-refractivity contribution in [2.45, 2.75) is 10.8 Å². The molecule has 0 N–H and O–H groups in total. The van der Waals surface area contributed by atoms with Crippen molar-refractivity contribution in [3.8, 4) is 5.75 Å². The highest BCUT2D eigenvalue weighted by atomic mass is 35.5. The second kappa shape index (κ2) is 6.30. The zero-order valence-electron chi connectivity index (χ0n) is 11.0. The van der Waals surface area contributed by atoms with Crippen LogP contribution in [0.15, 0.2) is 47.4 Å². The molecule has 0 saturated heterocycles. The average molecular weight is 339 g/mol. The number of benzene rings is 2. The third-order valence-electron chi connectivity index (χ3n) is 3.34. The van der Waals surface area contributed by atoms with Crippen LogP contribution < -0.4 is 4.74 Å². The van der Waals surface area contributed by atoms with Crippen molar-refractivity contribution in [1.82, 2.24) is 0 Å².